The molecule has 0 saturated carbocycles. The van der Waals surface area contributed by atoms with Crippen LogP contribution < -0.4 is 16.0 Å². The Balaban J connectivity index is 1.59. The lowest BCUT2D eigenvalue weighted by Crippen LogP contribution is -2.70. The number of imide groups is 1. The van der Waals surface area contributed by atoms with E-state index in [0.717, 1.165) is 22.4 Å². The summed E-state index contributed by atoms with van der Waals surface area (Å²) in [6.07, 6.45) is 3.34. The van der Waals surface area contributed by atoms with Gasteiger partial charge < -0.3 is 11.1 Å². The summed E-state index contributed by atoms with van der Waals surface area (Å²) in [6.45, 7) is 2.02. The molecule has 11 heteroatoms. The smallest absolute Gasteiger partial charge is 0.325 e. The molecule has 3 aromatic rings. The van der Waals surface area contributed by atoms with Crippen LogP contribution in [0.5, 0.6) is 0 Å². The van der Waals surface area contributed by atoms with Gasteiger partial charge in [-0.25, -0.2) is 9.78 Å². The number of nitrogens with one attached hydrogen (secondary N) is 1. The molecule has 3 N–H and O–H groups in total. The van der Waals surface area contributed by atoms with Gasteiger partial charge in [-0.15, -0.1) is 10.2 Å². The molecule has 0 bridgehead atoms. The molecule has 4 rings (SSSR count). The average molecular weight is 494 g/mol. The largest absolute Gasteiger partial charge is 0.384 e. The van der Waals surface area contributed by atoms with Gasteiger partial charge in [0.1, 0.15) is 17.4 Å². The second kappa shape index (κ2) is 10.6. The number of benzene rings is 1. The second-order valence-electron chi connectivity index (χ2n) is 8.37. The zero-order chi connectivity index (χ0) is 24.9. The Morgan fingerprint density at radius 2 is 2.03 bits per heavy atom. The Labute approximate surface area is 207 Å². The van der Waals surface area contributed by atoms with E-state index < -0.39 is 29.8 Å². The number of carbonyl (C=O) groups is 3. The van der Waals surface area contributed by atoms with E-state index in [4.69, 9.17) is 5.73 Å². The molecule has 0 spiro atoms. The summed E-state index contributed by atoms with van der Waals surface area (Å²) < 4.78 is 0. The van der Waals surface area contributed by atoms with Gasteiger partial charge in [-0.1, -0.05) is 55.0 Å². The Morgan fingerprint density at radius 3 is 2.69 bits per heavy atom. The number of hydrogen-bond acceptors (Lipinski definition) is 8. The monoisotopic (exact) mass is 493 g/mol. The van der Waals surface area contributed by atoms with Crippen molar-refractivity contribution in [2.45, 2.75) is 38.3 Å². The van der Waals surface area contributed by atoms with Crippen LogP contribution in [0.1, 0.15) is 36.9 Å². The van der Waals surface area contributed by atoms with Gasteiger partial charge in [-0.2, -0.15) is 0 Å². The van der Waals surface area contributed by atoms with Crippen molar-refractivity contribution < 1.29 is 14.4 Å². The van der Waals surface area contributed by atoms with Crippen LogP contribution in [0.3, 0.4) is 0 Å². The molecule has 4 amide bonds. The Bertz CT molecular complexity index is 1190. The van der Waals surface area contributed by atoms with Crippen molar-refractivity contribution in [2.24, 2.45) is 5.92 Å². The Morgan fingerprint density at radius 1 is 1.26 bits per heavy atom. The number of rotatable bonds is 8. The number of likely N-dealkylation sites (tertiary alicyclic amines) is 1. The van der Waals surface area contributed by atoms with Crippen molar-refractivity contribution >= 4 is 40.1 Å². The molecule has 35 heavy (non-hydrogen) atoms. The van der Waals surface area contributed by atoms with Gasteiger partial charge in [0.05, 0.1) is 12.0 Å². The number of aromatic nitrogens is 3. The maximum Gasteiger partial charge on any atom is 0.325 e. The number of nitrogens with zero attached hydrogens (tertiary/aromatic N) is 5. The van der Waals surface area contributed by atoms with E-state index in [1.54, 1.807) is 25.4 Å². The molecule has 3 atom stereocenters. The van der Waals surface area contributed by atoms with Crippen LogP contribution in [0.2, 0.25) is 0 Å². The number of nitrogen functional groups attached to an aromatic ring is 1. The van der Waals surface area contributed by atoms with Crippen LogP contribution in [0, 0.1) is 5.92 Å². The number of nitrogens with two attached hydrogens (primary N) is 1. The minimum Gasteiger partial charge on any atom is -0.384 e. The molecular weight excluding hydrogens is 466 g/mol. The van der Waals surface area contributed by atoms with Gasteiger partial charge in [-0.05, 0) is 36.1 Å². The highest BCUT2D eigenvalue weighted by atomic mass is 32.1. The molecule has 1 aromatic carbocycles. The number of pyridine rings is 1. The lowest BCUT2D eigenvalue weighted by Gasteiger charge is -2.45. The second-order valence-corrected chi connectivity index (χ2v) is 9.18. The van der Waals surface area contributed by atoms with E-state index in [1.165, 1.54) is 21.7 Å². The summed E-state index contributed by atoms with van der Waals surface area (Å²) >= 11 is 1.20. The summed E-state index contributed by atoms with van der Waals surface area (Å²) in [6, 6.07) is 11.1. The lowest BCUT2D eigenvalue weighted by molar-refractivity contribution is -0.156. The van der Waals surface area contributed by atoms with Crippen LogP contribution in [0.4, 0.5) is 15.7 Å². The first-order valence-electron chi connectivity index (χ1n) is 11.3. The molecule has 1 saturated heterocycles. The van der Waals surface area contributed by atoms with Crippen molar-refractivity contribution in [3.05, 3.63) is 65.3 Å². The fourth-order valence-electron chi connectivity index (χ4n) is 4.25. The van der Waals surface area contributed by atoms with Crippen LogP contribution >= 0.6 is 11.3 Å². The maximum atomic E-state index is 13.5. The first kappa shape index (κ1) is 24.3. The van der Waals surface area contributed by atoms with E-state index in [1.807, 2.05) is 37.3 Å². The number of anilines is 2. The average Bonchev–Trinajstić information content (AvgIpc) is 3.40. The van der Waals surface area contributed by atoms with Gasteiger partial charge in [-0.3, -0.25) is 19.4 Å². The molecule has 1 aliphatic rings. The summed E-state index contributed by atoms with van der Waals surface area (Å²) in [5.41, 5.74) is 9.01. The quantitative estimate of drug-likeness (QED) is 0.461. The van der Waals surface area contributed by atoms with Crippen molar-refractivity contribution in [2.75, 3.05) is 17.7 Å². The van der Waals surface area contributed by atoms with Gasteiger partial charge in [0.25, 0.3) is 5.91 Å². The zero-order valence-electron chi connectivity index (χ0n) is 19.5. The molecule has 182 valence electrons. The Kier molecular flexibility index (Phi) is 7.35. The van der Waals surface area contributed by atoms with E-state index in [0.29, 0.717) is 17.4 Å². The molecule has 1 aliphatic heterocycles. The Hall–Kier alpha value is -3.86. The van der Waals surface area contributed by atoms with Crippen LogP contribution in [0.25, 0.3) is 0 Å². The van der Waals surface area contributed by atoms with Crippen molar-refractivity contribution in [1.29, 1.82) is 0 Å². The molecule has 0 radical (unpaired) electrons. The van der Waals surface area contributed by atoms with Crippen LogP contribution in [-0.2, 0) is 16.0 Å². The molecule has 2 aromatic heterocycles. The third kappa shape index (κ3) is 5.14. The van der Waals surface area contributed by atoms with Crippen molar-refractivity contribution in [3.8, 4) is 0 Å². The highest BCUT2D eigenvalue weighted by Gasteiger charge is 2.55. The van der Waals surface area contributed by atoms with Gasteiger partial charge in [0.2, 0.25) is 11.0 Å². The summed E-state index contributed by atoms with van der Waals surface area (Å²) in [5.74, 6) is -1.21. The van der Waals surface area contributed by atoms with E-state index in [9.17, 15) is 14.4 Å². The number of likely N-dealkylation sites (N-methyl/N-ethyl adjacent to an activating group) is 1. The predicted octanol–water partition coefficient (Wildman–Crippen LogP) is 2.80. The summed E-state index contributed by atoms with van der Waals surface area (Å²) in [4.78, 5) is 46.4. The number of urea groups is 1. The predicted molar refractivity (Wildman–Crippen MR) is 132 cm³/mol. The SMILES string of the molecule is CCC[C@@H](NC(=O)N1C(=O)[C@H](Cc2ccnc(N)c2)[C@H]1C(=O)N(C)c1nncs1)c1ccccc1. The minimum absolute atomic E-state index is 0.257. The summed E-state index contributed by atoms with van der Waals surface area (Å²) in [7, 11) is 1.56. The third-order valence-electron chi connectivity index (χ3n) is 6.03. The summed E-state index contributed by atoms with van der Waals surface area (Å²) in [5, 5.41) is 11.1. The normalized spacial score (nSPS) is 18.0. The van der Waals surface area contributed by atoms with Crippen LogP contribution in [-0.4, -0.2) is 51.0 Å². The van der Waals surface area contributed by atoms with E-state index >= 15 is 0 Å². The van der Waals surface area contributed by atoms with Gasteiger partial charge in [0, 0.05) is 13.2 Å². The highest BCUT2D eigenvalue weighted by molar-refractivity contribution is 7.13. The minimum atomic E-state index is -0.983. The van der Waals surface area contributed by atoms with Crippen molar-refractivity contribution in [1.82, 2.24) is 25.4 Å². The molecule has 0 unspecified atom stereocenters. The molecule has 1 fully saturated rings. The maximum absolute atomic E-state index is 13.5. The van der Waals surface area contributed by atoms with Crippen molar-refractivity contribution in [3.63, 3.8) is 0 Å². The third-order valence-corrected chi connectivity index (χ3v) is 6.80. The zero-order valence-corrected chi connectivity index (χ0v) is 20.3. The fraction of sp³-hybridized carbons (Fsp3) is 0.333. The topological polar surface area (TPSA) is 134 Å². The van der Waals surface area contributed by atoms with Gasteiger partial charge in [0.15, 0.2) is 0 Å². The number of hydrogen-bond donors (Lipinski definition) is 2. The molecule has 10 nitrogen and oxygen atoms in total. The standard InChI is InChI=1S/C24H27N7O3S/c1-3-7-18(16-8-5-4-6-9-16)28-23(34)31-20(22(33)30(2)24-29-27-14-35-24)17(21(31)32)12-15-10-11-26-19(25)13-15/h4-6,8-11,13-14,17-18,20H,3,7,12H2,1-2H3,(H2,25,26)(H,28,34)/t17-,18-,20+/m1/s1. The van der Waals surface area contributed by atoms with E-state index in [-0.39, 0.29) is 12.5 Å². The van der Waals surface area contributed by atoms with E-state index in [2.05, 4.69) is 20.5 Å². The first-order chi connectivity index (χ1) is 16.9. The first-order valence-corrected chi connectivity index (χ1v) is 12.2. The number of amides is 4. The van der Waals surface area contributed by atoms with Gasteiger partial charge >= 0.3 is 6.03 Å². The van der Waals surface area contributed by atoms with Crippen LogP contribution in [0.15, 0.2) is 54.2 Å². The molecular formula is C24H27N7O3S. The lowest BCUT2D eigenvalue weighted by atomic mass is 9.81. The fourth-order valence-corrected chi connectivity index (χ4v) is 4.78. The number of β-lactam (4-membered cyclic amide) rings is 1. The molecule has 3 heterocycles. The molecule has 0 aliphatic carbocycles. The highest BCUT2D eigenvalue weighted by Crippen LogP contribution is 2.33. The number of carbonyl (C=O) groups excluding carboxylic acids is 3.